The average molecular weight is 489 g/mol. The van der Waals surface area contributed by atoms with Crippen LogP contribution in [-0.4, -0.2) is 55.4 Å². The fraction of sp³-hybridized carbons (Fsp3) is 0.238. The van der Waals surface area contributed by atoms with Gasteiger partial charge in [0.05, 0.1) is 30.3 Å². The molecular formula is C21H20N4O6S2. The summed E-state index contributed by atoms with van der Waals surface area (Å²) < 4.78 is 33.4. The molecule has 4 rings (SSSR count). The van der Waals surface area contributed by atoms with Gasteiger partial charge in [0.25, 0.3) is 15.7 Å². The van der Waals surface area contributed by atoms with E-state index in [2.05, 4.69) is 9.71 Å². The molecule has 1 fully saturated rings. The van der Waals surface area contributed by atoms with Crippen LogP contribution in [0.4, 0.5) is 10.8 Å². The predicted octanol–water partition coefficient (Wildman–Crippen LogP) is 2.92. The Morgan fingerprint density at radius 2 is 1.88 bits per heavy atom. The number of sulfonamides is 1. The lowest BCUT2D eigenvalue weighted by molar-refractivity contribution is -0.387. The van der Waals surface area contributed by atoms with E-state index in [-0.39, 0.29) is 17.5 Å². The van der Waals surface area contributed by atoms with Crippen LogP contribution in [0.15, 0.2) is 58.8 Å². The number of morpholine rings is 1. The van der Waals surface area contributed by atoms with Crippen molar-refractivity contribution in [2.75, 3.05) is 31.0 Å². The van der Waals surface area contributed by atoms with Crippen molar-refractivity contribution in [1.82, 2.24) is 9.88 Å². The Balaban J connectivity index is 1.53. The normalized spacial score (nSPS) is 14.1. The van der Waals surface area contributed by atoms with Crippen LogP contribution in [0, 0.1) is 10.1 Å². The summed E-state index contributed by atoms with van der Waals surface area (Å²) in [7, 11) is -4.28. The molecule has 2 aromatic carbocycles. The molecule has 12 heteroatoms. The van der Waals surface area contributed by atoms with Crippen molar-refractivity contribution in [2.24, 2.45) is 0 Å². The number of thiazole rings is 1. The summed E-state index contributed by atoms with van der Waals surface area (Å²) in [5, 5.41) is 13.2. The first kappa shape index (κ1) is 22.8. The fourth-order valence-corrected chi connectivity index (χ4v) is 5.50. The number of rotatable bonds is 7. The first-order valence-corrected chi connectivity index (χ1v) is 12.4. The molecule has 0 unspecified atom stereocenters. The van der Waals surface area contributed by atoms with Gasteiger partial charge in [0.15, 0.2) is 10.0 Å². The number of aromatic nitrogens is 1. The quantitative estimate of drug-likeness (QED) is 0.399. The molecule has 0 saturated carbocycles. The molecule has 1 aliphatic heterocycles. The van der Waals surface area contributed by atoms with Gasteiger partial charge < -0.3 is 9.64 Å². The molecular weight excluding hydrogens is 468 g/mol. The van der Waals surface area contributed by atoms with Gasteiger partial charge in [-0.05, 0) is 17.2 Å². The van der Waals surface area contributed by atoms with Crippen LogP contribution in [0.3, 0.4) is 0 Å². The smallest absolute Gasteiger partial charge is 0.290 e. The van der Waals surface area contributed by atoms with E-state index < -0.39 is 25.5 Å². The first-order valence-electron chi connectivity index (χ1n) is 10.00. The van der Waals surface area contributed by atoms with E-state index >= 15 is 0 Å². The SMILES string of the molecule is O=C(Cc1csc(NS(=O)(=O)c2ccc(-c3ccccc3)cc2[N+](=O)[O-])n1)N1CCOCC1. The number of nitro benzene ring substituents is 1. The summed E-state index contributed by atoms with van der Waals surface area (Å²) in [5.41, 5.74) is 1.14. The highest BCUT2D eigenvalue weighted by Gasteiger charge is 2.28. The number of carbonyl (C=O) groups is 1. The molecule has 2 heterocycles. The first-order chi connectivity index (χ1) is 15.8. The Morgan fingerprint density at radius 1 is 1.15 bits per heavy atom. The number of amides is 1. The van der Waals surface area contributed by atoms with Crippen molar-refractivity contribution in [2.45, 2.75) is 11.3 Å². The largest absolute Gasteiger partial charge is 0.378 e. The van der Waals surface area contributed by atoms with Gasteiger partial charge in [0, 0.05) is 24.5 Å². The average Bonchev–Trinajstić information content (AvgIpc) is 3.25. The Bertz CT molecular complexity index is 1270. The molecule has 0 aliphatic carbocycles. The molecule has 1 aromatic heterocycles. The molecule has 0 atom stereocenters. The molecule has 172 valence electrons. The predicted molar refractivity (Wildman–Crippen MR) is 123 cm³/mol. The van der Waals surface area contributed by atoms with E-state index in [9.17, 15) is 23.3 Å². The molecule has 0 radical (unpaired) electrons. The Hall–Kier alpha value is -3.35. The van der Waals surface area contributed by atoms with Crippen molar-refractivity contribution in [3.05, 3.63) is 69.7 Å². The van der Waals surface area contributed by atoms with Crippen LogP contribution in [0.25, 0.3) is 11.1 Å². The monoisotopic (exact) mass is 488 g/mol. The molecule has 0 bridgehead atoms. The van der Waals surface area contributed by atoms with Crippen molar-refractivity contribution in [3.8, 4) is 11.1 Å². The van der Waals surface area contributed by atoms with Crippen LogP contribution in [0.5, 0.6) is 0 Å². The molecule has 1 aliphatic rings. The highest BCUT2D eigenvalue weighted by Crippen LogP contribution is 2.31. The van der Waals surface area contributed by atoms with E-state index in [4.69, 9.17) is 4.74 Å². The number of benzene rings is 2. The Kier molecular flexibility index (Phi) is 6.67. The van der Waals surface area contributed by atoms with Crippen molar-refractivity contribution in [3.63, 3.8) is 0 Å². The molecule has 10 nitrogen and oxygen atoms in total. The van der Waals surface area contributed by atoms with Crippen LogP contribution >= 0.6 is 11.3 Å². The summed E-state index contributed by atoms with van der Waals surface area (Å²) in [5.74, 6) is -0.120. The van der Waals surface area contributed by atoms with Crippen LogP contribution in [-0.2, 0) is 26.0 Å². The number of nitrogens with one attached hydrogen (secondary N) is 1. The van der Waals surface area contributed by atoms with Crippen molar-refractivity contribution in [1.29, 1.82) is 0 Å². The molecule has 3 aromatic rings. The van der Waals surface area contributed by atoms with Gasteiger partial charge in [-0.25, -0.2) is 13.4 Å². The summed E-state index contributed by atoms with van der Waals surface area (Å²) in [4.78, 5) is 28.7. The third-order valence-electron chi connectivity index (χ3n) is 5.02. The molecule has 1 saturated heterocycles. The fourth-order valence-electron chi connectivity index (χ4n) is 3.38. The number of carbonyl (C=O) groups excluding carboxylic acids is 1. The zero-order valence-electron chi connectivity index (χ0n) is 17.3. The van der Waals surface area contributed by atoms with Crippen LogP contribution in [0.2, 0.25) is 0 Å². The third-order valence-corrected chi connectivity index (χ3v) is 7.34. The second kappa shape index (κ2) is 9.65. The minimum atomic E-state index is -4.28. The maximum absolute atomic E-state index is 12.9. The highest BCUT2D eigenvalue weighted by atomic mass is 32.2. The number of nitro groups is 1. The summed E-state index contributed by atoms with van der Waals surface area (Å²) in [6.45, 7) is 1.97. The van der Waals surface area contributed by atoms with E-state index in [0.29, 0.717) is 37.6 Å². The third kappa shape index (κ3) is 5.35. The molecule has 33 heavy (non-hydrogen) atoms. The zero-order chi connectivity index (χ0) is 23.4. The second-order valence-corrected chi connectivity index (χ2v) is 9.73. The maximum Gasteiger partial charge on any atom is 0.290 e. The topological polar surface area (TPSA) is 132 Å². The van der Waals surface area contributed by atoms with Gasteiger partial charge in [-0.2, -0.15) is 0 Å². The van der Waals surface area contributed by atoms with E-state index in [1.165, 1.54) is 18.2 Å². The van der Waals surface area contributed by atoms with Crippen LogP contribution < -0.4 is 4.72 Å². The summed E-state index contributed by atoms with van der Waals surface area (Å²) in [6.07, 6.45) is 0.0319. The number of ether oxygens (including phenoxy) is 1. The van der Waals surface area contributed by atoms with Gasteiger partial charge in [-0.15, -0.1) is 11.3 Å². The van der Waals surface area contributed by atoms with Gasteiger partial charge in [0.2, 0.25) is 5.91 Å². The van der Waals surface area contributed by atoms with E-state index in [0.717, 1.165) is 16.9 Å². The molecule has 1 amide bonds. The Morgan fingerprint density at radius 3 is 2.58 bits per heavy atom. The van der Waals surface area contributed by atoms with Crippen molar-refractivity contribution < 1.29 is 22.9 Å². The zero-order valence-corrected chi connectivity index (χ0v) is 19.0. The highest BCUT2D eigenvalue weighted by molar-refractivity contribution is 7.93. The number of hydrogen-bond donors (Lipinski definition) is 1. The second-order valence-electron chi connectivity index (χ2n) is 7.23. The van der Waals surface area contributed by atoms with E-state index in [1.54, 1.807) is 34.5 Å². The molecule has 1 N–H and O–H groups in total. The van der Waals surface area contributed by atoms with Crippen molar-refractivity contribution >= 4 is 38.1 Å². The van der Waals surface area contributed by atoms with E-state index in [1.807, 2.05) is 6.07 Å². The Labute approximate surface area is 194 Å². The maximum atomic E-state index is 12.9. The standard InChI is InChI=1S/C21H20N4O6S2/c26-20(24-8-10-31-11-9-24)13-17-14-32-21(22-17)23-33(29,30)19-7-6-16(12-18(19)25(27)28)15-4-2-1-3-5-15/h1-7,12,14H,8-11,13H2,(H,22,23). The minimum absolute atomic E-state index is 0.0289. The van der Waals surface area contributed by atoms with Gasteiger partial charge >= 0.3 is 0 Å². The lowest BCUT2D eigenvalue weighted by Gasteiger charge is -2.26. The summed E-state index contributed by atoms with van der Waals surface area (Å²) in [6, 6.07) is 12.9. The number of hydrogen-bond acceptors (Lipinski definition) is 8. The van der Waals surface area contributed by atoms with Gasteiger partial charge in [-0.1, -0.05) is 36.4 Å². The lowest BCUT2D eigenvalue weighted by Crippen LogP contribution is -2.41. The van der Waals surface area contributed by atoms with Gasteiger partial charge in [-0.3, -0.25) is 19.6 Å². The lowest BCUT2D eigenvalue weighted by atomic mass is 10.1. The minimum Gasteiger partial charge on any atom is -0.378 e. The number of nitrogens with zero attached hydrogens (tertiary/aromatic N) is 3. The van der Waals surface area contributed by atoms with Gasteiger partial charge in [0.1, 0.15) is 0 Å². The number of anilines is 1. The molecule has 0 spiro atoms. The van der Waals surface area contributed by atoms with Crippen LogP contribution in [0.1, 0.15) is 5.69 Å². The summed E-state index contributed by atoms with van der Waals surface area (Å²) >= 11 is 1.01.